The zero-order chi connectivity index (χ0) is 14.8. The summed E-state index contributed by atoms with van der Waals surface area (Å²) in [4.78, 5) is 0. The highest BCUT2D eigenvalue weighted by atomic mass is 19.1. The summed E-state index contributed by atoms with van der Waals surface area (Å²) in [5.41, 5.74) is 1.37. The third-order valence-corrected chi connectivity index (χ3v) is 2.98. The van der Waals surface area contributed by atoms with Gasteiger partial charge in [-0.25, -0.2) is 4.39 Å². The molecule has 1 aromatic carbocycles. The van der Waals surface area contributed by atoms with Gasteiger partial charge in [-0.3, -0.25) is 4.68 Å². The summed E-state index contributed by atoms with van der Waals surface area (Å²) < 4.78 is 20.6. The lowest BCUT2D eigenvalue weighted by Gasteiger charge is -2.18. The molecular weight excluding hydrogens is 257 g/mol. The molecule has 0 spiro atoms. The minimum absolute atomic E-state index is 0.0561. The smallest absolute Gasteiger partial charge is 0.146 e. The van der Waals surface area contributed by atoms with E-state index in [1.54, 1.807) is 25.4 Å². The highest BCUT2D eigenvalue weighted by molar-refractivity contribution is 5.49. The Bertz CT molecular complexity index is 587. The van der Waals surface area contributed by atoms with Crippen molar-refractivity contribution < 1.29 is 9.13 Å². The fraction of sp³-hybridized carbons (Fsp3) is 0.400. The molecule has 2 aromatic rings. The van der Waals surface area contributed by atoms with Gasteiger partial charge in [0, 0.05) is 24.4 Å². The molecule has 4 nitrogen and oxygen atoms in total. The highest BCUT2D eigenvalue weighted by Crippen LogP contribution is 2.22. The van der Waals surface area contributed by atoms with Crippen LogP contribution < -0.4 is 10.1 Å². The van der Waals surface area contributed by atoms with Crippen molar-refractivity contribution in [3.05, 3.63) is 42.0 Å². The Kier molecular flexibility index (Phi) is 3.97. The second-order valence-electron chi connectivity index (χ2n) is 5.66. The molecule has 0 bridgehead atoms. The third kappa shape index (κ3) is 3.29. The number of anilines is 1. The van der Waals surface area contributed by atoms with E-state index in [1.165, 1.54) is 6.07 Å². The first-order valence-electron chi connectivity index (χ1n) is 6.51. The molecule has 0 fully saturated rings. The lowest BCUT2D eigenvalue weighted by Crippen LogP contribution is -2.21. The van der Waals surface area contributed by atoms with Gasteiger partial charge in [0.2, 0.25) is 0 Å². The summed E-state index contributed by atoms with van der Waals surface area (Å²) >= 11 is 0. The van der Waals surface area contributed by atoms with Gasteiger partial charge in [0.15, 0.2) is 0 Å². The van der Waals surface area contributed by atoms with E-state index >= 15 is 0 Å². The molecule has 0 unspecified atom stereocenters. The van der Waals surface area contributed by atoms with Crippen LogP contribution >= 0.6 is 0 Å². The third-order valence-electron chi connectivity index (χ3n) is 2.98. The van der Waals surface area contributed by atoms with Crippen LogP contribution in [0.2, 0.25) is 0 Å². The Morgan fingerprint density at radius 2 is 2.10 bits per heavy atom. The number of hydrogen-bond donors (Lipinski definition) is 1. The molecule has 1 N–H and O–H groups in total. The maximum absolute atomic E-state index is 13.7. The minimum Gasteiger partial charge on any atom is -0.497 e. The first kappa shape index (κ1) is 14.4. The van der Waals surface area contributed by atoms with Gasteiger partial charge in [0.1, 0.15) is 11.6 Å². The van der Waals surface area contributed by atoms with Gasteiger partial charge in [0.25, 0.3) is 0 Å². The zero-order valence-corrected chi connectivity index (χ0v) is 12.3. The van der Waals surface area contributed by atoms with E-state index in [-0.39, 0.29) is 11.4 Å². The molecule has 0 radical (unpaired) electrons. The summed E-state index contributed by atoms with van der Waals surface area (Å²) in [6.45, 7) is 6.76. The topological polar surface area (TPSA) is 39.1 Å². The van der Waals surface area contributed by atoms with E-state index in [4.69, 9.17) is 4.74 Å². The van der Waals surface area contributed by atoms with Crippen molar-refractivity contribution in [3.8, 4) is 5.75 Å². The molecule has 5 heteroatoms. The van der Waals surface area contributed by atoms with Crippen LogP contribution in [0, 0.1) is 5.82 Å². The van der Waals surface area contributed by atoms with Crippen molar-refractivity contribution in [2.24, 2.45) is 0 Å². The Labute approximate surface area is 118 Å². The molecule has 20 heavy (non-hydrogen) atoms. The highest BCUT2D eigenvalue weighted by Gasteiger charge is 2.14. The van der Waals surface area contributed by atoms with Gasteiger partial charge >= 0.3 is 0 Å². The molecule has 0 saturated carbocycles. The van der Waals surface area contributed by atoms with Crippen LogP contribution in [0.1, 0.15) is 26.3 Å². The van der Waals surface area contributed by atoms with E-state index in [2.05, 4.69) is 31.2 Å². The summed E-state index contributed by atoms with van der Waals surface area (Å²) in [7, 11) is 1.56. The number of nitrogens with zero attached hydrogens (tertiary/aromatic N) is 2. The molecule has 0 saturated heterocycles. The minimum atomic E-state index is -0.297. The number of halogens is 1. The van der Waals surface area contributed by atoms with Crippen LogP contribution in [0.5, 0.6) is 5.75 Å². The summed E-state index contributed by atoms with van der Waals surface area (Å²) in [6, 6.07) is 4.63. The fourth-order valence-electron chi connectivity index (χ4n) is 1.78. The summed E-state index contributed by atoms with van der Waals surface area (Å²) in [5.74, 6) is 0.327. The molecule has 1 aromatic heterocycles. The van der Waals surface area contributed by atoms with Gasteiger partial charge in [-0.2, -0.15) is 5.10 Å². The molecule has 0 atom stereocenters. The number of benzene rings is 1. The number of rotatable bonds is 4. The average molecular weight is 277 g/mol. The Morgan fingerprint density at radius 3 is 2.70 bits per heavy atom. The number of ether oxygens (including phenoxy) is 1. The van der Waals surface area contributed by atoms with E-state index in [0.29, 0.717) is 18.0 Å². The van der Waals surface area contributed by atoms with Crippen molar-refractivity contribution in [2.45, 2.75) is 32.9 Å². The Balaban J connectivity index is 2.07. The molecular formula is C15H20FN3O. The number of hydrogen-bond acceptors (Lipinski definition) is 3. The maximum Gasteiger partial charge on any atom is 0.146 e. The number of aromatic nitrogens is 2. The van der Waals surface area contributed by atoms with Crippen LogP contribution in [0.4, 0.5) is 10.1 Å². The van der Waals surface area contributed by atoms with Gasteiger partial charge < -0.3 is 10.1 Å². The van der Waals surface area contributed by atoms with Crippen LogP contribution in [-0.4, -0.2) is 16.9 Å². The maximum atomic E-state index is 13.7. The second kappa shape index (κ2) is 5.53. The van der Waals surface area contributed by atoms with Crippen LogP contribution in [0.25, 0.3) is 0 Å². The van der Waals surface area contributed by atoms with Crippen molar-refractivity contribution in [2.75, 3.05) is 12.4 Å². The van der Waals surface area contributed by atoms with E-state index < -0.39 is 0 Å². The SMILES string of the molecule is COc1ccc(F)c(NCc2cnn(C(C)(C)C)c2)c1. The predicted octanol–water partition coefficient (Wildman–Crippen LogP) is 3.40. The van der Waals surface area contributed by atoms with E-state index in [0.717, 1.165) is 5.56 Å². The molecule has 0 aliphatic heterocycles. The number of methoxy groups -OCH3 is 1. The molecule has 1 heterocycles. The van der Waals surface area contributed by atoms with E-state index in [9.17, 15) is 4.39 Å². The molecule has 0 aliphatic carbocycles. The first-order valence-corrected chi connectivity index (χ1v) is 6.51. The lowest BCUT2D eigenvalue weighted by molar-refractivity contribution is 0.355. The first-order chi connectivity index (χ1) is 9.40. The molecule has 0 amide bonds. The fourth-order valence-corrected chi connectivity index (χ4v) is 1.78. The van der Waals surface area contributed by atoms with Crippen LogP contribution in [0.3, 0.4) is 0 Å². The number of nitrogens with one attached hydrogen (secondary N) is 1. The van der Waals surface area contributed by atoms with Crippen molar-refractivity contribution in [1.82, 2.24) is 9.78 Å². The zero-order valence-electron chi connectivity index (χ0n) is 12.3. The van der Waals surface area contributed by atoms with E-state index in [1.807, 2.05) is 10.9 Å². The van der Waals surface area contributed by atoms with Crippen LogP contribution in [-0.2, 0) is 12.1 Å². The van der Waals surface area contributed by atoms with Crippen molar-refractivity contribution in [3.63, 3.8) is 0 Å². The normalized spacial score (nSPS) is 11.4. The van der Waals surface area contributed by atoms with Crippen molar-refractivity contribution >= 4 is 5.69 Å². The standard InChI is InChI=1S/C15H20FN3O/c1-15(2,3)19-10-11(9-18-19)8-17-14-7-12(20-4)5-6-13(14)16/h5-7,9-10,17H,8H2,1-4H3. The predicted molar refractivity (Wildman–Crippen MR) is 77.5 cm³/mol. The van der Waals surface area contributed by atoms with Gasteiger partial charge in [-0.15, -0.1) is 0 Å². The van der Waals surface area contributed by atoms with Crippen LogP contribution in [0.15, 0.2) is 30.6 Å². The summed E-state index contributed by atoms with van der Waals surface area (Å²) in [5, 5.41) is 7.37. The van der Waals surface area contributed by atoms with Gasteiger partial charge in [0.05, 0.1) is 24.5 Å². The molecule has 0 aliphatic rings. The molecule has 2 rings (SSSR count). The Hall–Kier alpha value is -2.04. The summed E-state index contributed by atoms with van der Waals surface area (Å²) in [6.07, 6.45) is 3.75. The van der Waals surface area contributed by atoms with Gasteiger partial charge in [-0.1, -0.05) is 0 Å². The lowest BCUT2D eigenvalue weighted by atomic mass is 10.1. The average Bonchev–Trinajstić information content (AvgIpc) is 2.86. The largest absolute Gasteiger partial charge is 0.497 e. The second-order valence-corrected chi connectivity index (χ2v) is 5.66. The Morgan fingerprint density at radius 1 is 1.35 bits per heavy atom. The van der Waals surface area contributed by atoms with Gasteiger partial charge in [-0.05, 0) is 32.9 Å². The van der Waals surface area contributed by atoms with Crippen molar-refractivity contribution in [1.29, 1.82) is 0 Å². The quantitative estimate of drug-likeness (QED) is 0.931. The monoisotopic (exact) mass is 277 g/mol. The molecule has 108 valence electrons.